The molecule has 1 fully saturated rings. The van der Waals surface area contributed by atoms with Crippen molar-refractivity contribution < 1.29 is 4.79 Å². The molecule has 0 saturated carbocycles. The molecule has 0 aliphatic carbocycles. The van der Waals surface area contributed by atoms with Gasteiger partial charge in [0, 0.05) is 37.1 Å². The smallest absolute Gasteiger partial charge is 0.228 e. The summed E-state index contributed by atoms with van der Waals surface area (Å²) in [5.41, 5.74) is 0.853. The maximum Gasteiger partial charge on any atom is 0.228 e. The fourth-order valence-electron chi connectivity index (χ4n) is 2.12. The molecule has 1 amide bonds. The van der Waals surface area contributed by atoms with Crippen LogP contribution in [0.2, 0.25) is 0 Å². The number of nitrogens with zero attached hydrogens (tertiary/aromatic N) is 2. The molecule has 2 heterocycles. The van der Waals surface area contributed by atoms with Gasteiger partial charge in [0.2, 0.25) is 5.91 Å². The van der Waals surface area contributed by atoms with E-state index in [1.54, 1.807) is 6.20 Å². The number of hydrogen-bond acceptors (Lipinski definition) is 3. The number of rotatable bonds is 2. The first-order chi connectivity index (χ1) is 8.07. The van der Waals surface area contributed by atoms with Gasteiger partial charge in [-0.3, -0.25) is 9.78 Å². The van der Waals surface area contributed by atoms with Gasteiger partial charge in [0.1, 0.15) is 0 Å². The van der Waals surface area contributed by atoms with Crippen molar-refractivity contribution in [1.29, 1.82) is 0 Å². The van der Waals surface area contributed by atoms with Crippen molar-refractivity contribution in [3.63, 3.8) is 0 Å². The molecule has 17 heavy (non-hydrogen) atoms. The lowest BCUT2D eigenvalue weighted by Crippen LogP contribution is -2.58. The summed E-state index contributed by atoms with van der Waals surface area (Å²) in [5, 5.41) is 3.40. The van der Waals surface area contributed by atoms with Crippen LogP contribution in [0.4, 0.5) is 0 Å². The Bertz CT molecular complexity index is 389. The number of piperazine rings is 1. The highest BCUT2D eigenvalue weighted by Gasteiger charge is 2.28. The first-order valence-electron chi connectivity index (χ1n) is 5.99. The zero-order valence-corrected chi connectivity index (χ0v) is 10.4. The molecule has 0 radical (unpaired) electrons. The second kappa shape index (κ2) is 4.84. The van der Waals surface area contributed by atoms with E-state index in [-0.39, 0.29) is 11.4 Å². The number of nitrogens with one attached hydrogen (secondary N) is 1. The molecule has 4 nitrogen and oxygen atoms in total. The van der Waals surface area contributed by atoms with Crippen LogP contribution in [0.1, 0.15) is 19.5 Å². The Labute approximate surface area is 102 Å². The number of pyridine rings is 1. The summed E-state index contributed by atoms with van der Waals surface area (Å²) >= 11 is 0. The van der Waals surface area contributed by atoms with Gasteiger partial charge in [-0.25, -0.2) is 0 Å². The highest BCUT2D eigenvalue weighted by Crippen LogP contribution is 2.11. The minimum atomic E-state index is 0.0119. The van der Waals surface area contributed by atoms with E-state index in [1.807, 2.05) is 23.1 Å². The number of amides is 1. The molecule has 0 bridgehead atoms. The van der Waals surface area contributed by atoms with Gasteiger partial charge in [0.15, 0.2) is 0 Å². The van der Waals surface area contributed by atoms with Gasteiger partial charge >= 0.3 is 0 Å². The Balaban J connectivity index is 1.96. The minimum Gasteiger partial charge on any atom is -0.339 e. The Hall–Kier alpha value is -1.42. The van der Waals surface area contributed by atoms with Gasteiger partial charge in [-0.2, -0.15) is 0 Å². The van der Waals surface area contributed by atoms with Crippen molar-refractivity contribution in [2.24, 2.45) is 0 Å². The maximum absolute atomic E-state index is 12.1. The van der Waals surface area contributed by atoms with Crippen molar-refractivity contribution in [3.05, 3.63) is 30.1 Å². The molecule has 1 aromatic heterocycles. The molecule has 1 aromatic rings. The van der Waals surface area contributed by atoms with Crippen LogP contribution in [0.25, 0.3) is 0 Å². The first kappa shape index (κ1) is 12.0. The average Bonchev–Trinajstić information content (AvgIpc) is 2.29. The van der Waals surface area contributed by atoms with Crippen molar-refractivity contribution in [1.82, 2.24) is 15.2 Å². The first-order valence-corrected chi connectivity index (χ1v) is 5.99. The van der Waals surface area contributed by atoms with Crippen LogP contribution < -0.4 is 5.32 Å². The van der Waals surface area contributed by atoms with Gasteiger partial charge < -0.3 is 10.2 Å². The summed E-state index contributed by atoms with van der Waals surface area (Å²) in [6.45, 7) is 6.65. The fraction of sp³-hybridized carbons (Fsp3) is 0.538. The third-order valence-electron chi connectivity index (χ3n) is 2.98. The van der Waals surface area contributed by atoms with Crippen LogP contribution >= 0.6 is 0 Å². The third-order valence-corrected chi connectivity index (χ3v) is 2.98. The van der Waals surface area contributed by atoms with Crippen LogP contribution in [0.15, 0.2) is 24.4 Å². The Morgan fingerprint density at radius 2 is 2.35 bits per heavy atom. The summed E-state index contributed by atoms with van der Waals surface area (Å²) in [7, 11) is 0. The predicted molar refractivity (Wildman–Crippen MR) is 66.6 cm³/mol. The highest BCUT2D eigenvalue weighted by molar-refractivity contribution is 5.78. The molecule has 2 rings (SSSR count). The number of carbonyl (C=O) groups excluding carboxylic acids is 1. The van der Waals surface area contributed by atoms with E-state index in [1.165, 1.54) is 0 Å². The molecule has 1 N–H and O–H groups in total. The Morgan fingerprint density at radius 3 is 3.00 bits per heavy atom. The highest BCUT2D eigenvalue weighted by atomic mass is 16.2. The van der Waals surface area contributed by atoms with E-state index < -0.39 is 0 Å². The van der Waals surface area contributed by atoms with Crippen LogP contribution in [0.3, 0.4) is 0 Å². The number of aromatic nitrogens is 1. The van der Waals surface area contributed by atoms with Crippen LogP contribution in [0, 0.1) is 0 Å². The molecule has 0 spiro atoms. The molecular formula is C13H19N3O. The predicted octanol–water partition coefficient (Wildman–Crippen LogP) is 0.835. The SMILES string of the molecule is CC1(C)CN(C(=O)Cc2ccccn2)CCN1. The second-order valence-corrected chi connectivity index (χ2v) is 5.12. The standard InChI is InChI=1S/C13H19N3O/c1-13(2)10-16(8-7-15-13)12(17)9-11-5-3-4-6-14-11/h3-6,15H,7-10H2,1-2H3. The van der Waals surface area contributed by atoms with E-state index in [9.17, 15) is 4.79 Å². The molecule has 0 aromatic carbocycles. The molecule has 0 unspecified atom stereocenters. The lowest BCUT2D eigenvalue weighted by atomic mass is 10.0. The van der Waals surface area contributed by atoms with E-state index in [0.29, 0.717) is 6.42 Å². The van der Waals surface area contributed by atoms with Crippen molar-refractivity contribution in [2.75, 3.05) is 19.6 Å². The van der Waals surface area contributed by atoms with Crippen LogP contribution in [0.5, 0.6) is 0 Å². The van der Waals surface area contributed by atoms with E-state index in [2.05, 4.69) is 24.1 Å². The summed E-state index contributed by atoms with van der Waals surface area (Å²) < 4.78 is 0. The molecule has 1 aliphatic rings. The lowest BCUT2D eigenvalue weighted by Gasteiger charge is -2.39. The van der Waals surface area contributed by atoms with Gasteiger partial charge in [-0.1, -0.05) is 6.07 Å². The van der Waals surface area contributed by atoms with Crippen molar-refractivity contribution in [2.45, 2.75) is 25.8 Å². The number of carbonyl (C=O) groups is 1. The molecule has 0 atom stereocenters. The molecule has 92 valence electrons. The zero-order valence-electron chi connectivity index (χ0n) is 10.4. The van der Waals surface area contributed by atoms with Crippen LogP contribution in [-0.2, 0) is 11.2 Å². The van der Waals surface area contributed by atoms with Gasteiger partial charge in [0.25, 0.3) is 0 Å². The quantitative estimate of drug-likeness (QED) is 0.823. The average molecular weight is 233 g/mol. The zero-order chi connectivity index (χ0) is 12.3. The molecule has 1 aliphatic heterocycles. The Kier molecular flexibility index (Phi) is 3.43. The second-order valence-electron chi connectivity index (χ2n) is 5.12. The van der Waals surface area contributed by atoms with Gasteiger partial charge in [0.05, 0.1) is 6.42 Å². The Morgan fingerprint density at radius 1 is 1.53 bits per heavy atom. The van der Waals surface area contributed by atoms with E-state index >= 15 is 0 Å². The molecule has 1 saturated heterocycles. The third kappa shape index (κ3) is 3.27. The van der Waals surface area contributed by atoms with E-state index in [0.717, 1.165) is 25.3 Å². The number of hydrogen-bond donors (Lipinski definition) is 1. The summed E-state index contributed by atoms with van der Waals surface area (Å²) in [5.74, 6) is 0.165. The normalized spacial score (nSPS) is 19.1. The topological polar surface area (TPSA) is 45.2 Å². The minimum absolute atomic E-state index is 0.0119. The van der Waals surface area contributed by atoms with Crippen molar-refractivity contribution in [3.8, 4) is 0 Å². The fourth-order valence-corrected chi connectivity index (χ4v) is 2.12. The van der Waals surface area contributed by atoms with E-state index in [4.69, 9.17) is 0 Å². The lowest BCUT2D eigenvalue weighted by molar-refractivity contribution is -0.132. The summed E-state index contributed by atoms with van der Waals surface area (Å²) in [6, 6.07) is 5.67. The van der Waals surface area contributed by atoms with Crippen molar-refractivity contribution >= 4 is 5.91 Å². The molecular weight excluding hydrogens is 214 g/mol. The monoisotopic (exact) mass is 233 g/mol. The van der Waals surface area contributed by atoms with Gasteiger partial charge in [-0.15, -0.1) is 0 Å². The summed E-state index contributed by atoms with van der Waals surface area (Å²) in [6.07, 6.45) is 2.13. The van der Waals surface area contributed by atoms with Gasteiger partial charge in [-0.05, 0) is 26.0 Å². The maximum atomic E-state index is 12.1. The summed E-state index contributed by atoms with van der Waals surface area (Å²) in [4.78, 5) is 18.2. The molecule has 4 heteroatoms. The largest absolute Gasteiger partial charge is 0.339 e. The van der Waals surface area contributed by atoms with Crippen LogP contribution in [-0.4, -0.2) is 41.0 Å².